The highest BCUT2D eigenvalue weighted by molar-refractivity contribution is 8.00. The van der Waals surface area contributed by atoms with Gasteiger partial charge >= 0.3 is 0 Å². The van der Waals surface area contributed by atoms with E-state index in [4.69, 9.17) is 4.98 Å². The number of para-hydroxylation sites is 1. The molecule has 1 atom stereocenters. The van der Waals surface area contributed by atoms with Crippen LogP contribution in [0.1, 0.15) is 19.5 Å². The summed E-state index contributed by atoms with van der Waals surface area (Å²) in [5.41, 5.74) is 1.94. The quantitative estimate of drug-likeness (QED) is 0.643. The SMILES string of the molecule is CCSc1nc2c(c(=O)n1-c1ccccc1)S[C@H](C)C2. The van der Waals surface area contributed by atoms with E-state index in [2.05, 4.69) is 13.8 Å². The number of rotatable bonds is 3. The lowest BCUT2D eigenvalue weighted by atomic mass is 10.2. The van der Waals surface area contributed by atoms with E-state index < -0.39 is 0 Å². The summed E-state index contributed by atoms with van der Waals surface area (Å²) >= 11 is 3.27. The van der Waals surface area contributed by atoms with Crippen molar-refractivity contribution in [3.05, 3.63) is 46.4 Å². The number of nitrogens with zero attached hydrogens (tertiary/aromatic N) is 2. The van der Waals surface area contributed by atoms with Gasteiger partial charge in [0.25, 0.3) is 5.56 Å². The highest BCUT2D eigenvalue weighted by atomic mass is 32.2. The first-order valence-electron chi connectivity index (χ1n) is 6.71. The average Bonchev–Trinajstić information content (AvgIpc) is 2.81. The van der Waals surface area contributed by atoms with E-state index >= 15 is 0 Å². The predicted octanol–water partition coefficient (Wildman–Crippen LogP) is 3.38. The Morgan fingerprint density at radius 1 is 1.40 bits per heavy atom. The van der Waals surface area contributed by atoms with Gasteiger partial charge in [-0.2, -0.15) is 0 Å². The van der Waals surface area contributed by atoms with Gasteiger partial charge in [-0.25, -0.2) is 4.98 Å². The van der Waals surface area contributed by atoms with E-state index in [1.807, 2.05) is 30.3 Å². The van der Waals surface area contributed by atoms with Gasteiger partial charge in [0, 0.05) is 11.7 Å². The fourth-order valence-corrected chi connectivity index (χ4v) is 4.18. The smallest absolute Gasteiger partial charge is 0.268 e. The number of aromatic nitrogens is 2. The topological polar surface area (TPSA) is 34.9 Å². The van der Waals surface area contributed by atoms with E-state index in [1.165, 1.54) is 0 Å². The van der Waals surface area contributed by atoms with Gasteiger partial charge in [-0.3, -0.25) is 9.36 Å². The molecule has 20 heavy (non-hydrogen) atoms. The zero-order valence-corrected chi connectivity index (χ0v) is 13.1. The van der Waals surface area contributed by atoms with Gasteiger partial charge in [-0.05, 0) is 17.9 Å². The summed E-state index contributed by atoms with van der Waals surface area (Å²) in [7, 11) is 0. The third-order valence-corrected chi connectivity index (χ3v) is 5.20. The van der Waals surface area contributed by atoms with Crippen molar-refractivity contribution in [2.75, 3.05) is 5.75 Å². The minimum Gasteiger partial charge on any atom is -0.268 e. The molecule has 1 aliphatic rings. The molecule has 3 rings (SSSR count). The summed E-state index contributed by atoms with van der Waals surface area (Å²) in [6.45, 7) is 4.22. The van der Waals surface area contributed by atoms with Crippen molar-refractivity contribution in [3.8, 4) is 5.69 Å². The van der Waals surface area contributed by atoms with E-state index in [-0.39, 0.29) is 5.56 Å². The van der Waals surface area contributed by atoms with Gasteiger partial charge in [0.1, 0.15) is 0 Å². The summed E-state index contributed by atoms with van der Waals surface area (Å²) in [4.78, 5) is 18.3. The molecule has 3 nitrogen and oxygen atoms in total. The molecular weight excluding hydrogens is 288 g/mol. The summed E-state index contributed by atoms with van der Waals surface area (Å²) in [5, 5.41) is 1.24. The molecule has 0 saturated heterocycles. The standard InChI is InChI=1S/C15H16N2OS2/c1-3-19-15-16-12-9-10(2)20-13(12)14(18)17(15)11-7-5-4-6-8-11/h4-8,10H,3,9H2,1-2H3/t10-/m1/s1. The molecular formula is C15H16N2OS2. The Bertz CT molecular complexity index is 682. The van der Waals surface area contributed by atoms with Gasteiger partial charge < -0.3 is 0 Å². The van der Waals surface area contributed by atoms with Gasteiger partial charge in [0.15, 0.2) is 5.16 Å². The first-order valence-corrected chi connectivity index (χ1v) is 8.58. The average molecular weight is 304 g/mol. The van der Waals surface area contributed by atoms with E-state index in [9.17, 15) is 4.79 Å². The molecule has 1 aromatic carbocycles. The van der Waals surface area contributed by atoms with Crippen LogP contribution in [-0.2, 0) is 6.42 Å². The summed E-state index contributed by atoms with van der Waals surface area (Å²) in [5.74, 6) is 0.904. The Hall–Kier alpha value is -1.20. The van der Waals surface area contributed by atoms with Crippen molar-refractivity contribution in [1.29, 1.82) is 0 Å². The maximum Gasteiger partial charge on any atom is 0.272 e. The van der Waals surface area contributed by atoms with Crippen LogP contribution in [0.15, 0.2) is 45.2 Å². The van der Waals surface area contributed by atoms with Crippen LogP contribution in [0, 0.1) is 0 Å². The first-order chi connectivity index (χ1) is 9.70. The molecule has 0 bridgehead atoms. The van der Waals surface area contributed by atoms with Crippen LogP contribution in [0.4, 0.5) is 0 Å². The molecule has 0 amide bonds. The fraction of sp³-hybridized carbons (Fsp3) is 0.333. The second-order valence-electron chi connectivity index (χ2n) is 4.71. The van der Waals surface area contributed by atoms with Crippen molar-refractivity contribution in [1.82, 2.24) is 9.55 Å². The lowest BCUT2D eigenvalue weighted by Gasteiger charge is -2.12. The van der Waals surface area contributed by atoms with Crippen LogP contribution in [0.2, 0.25) is 0 Å². The first kappa shape index (κ1) is 13.8. The normalized spacial score (nSPS) is 17.2. The largest absolute Gasteiger partial charge is 0.272 e. The van der Waals surface area contributed by atoms with E-state index in [0.29, 0.717) is 5.25 Å². The van der Waals surface area contributed by atoms with Crippen LogP contribution < -0.4 is 5.56 Å². The molecule has 104 valence electrons. The Balaban J connectivity index is 2.23. The van der Waals surface area contributed by atoms with E-state index in [1.54, 1.807) is 28.1 Å². The highest BCUT2D eigenvalue weighted by Gasteiger charge is 2.26. The molecule has 5 heteroatoms. The van der Waals surface area contributed by atoms with Crippen molar-refractivity contribution < 1.29 is 0 Å². The Kier molecular flexibility index (Phi) is 3.89. The lowest BCUT2D eigenvalue weighted by molar-refractivity contribution is 0.731. The summed E-state index contributed by atoms with van der Waals surface area (Å²) in [6, 6.07) is 9.77. The Morgan fingerprint density at radius 3 is 2.85 bits per heavy atom. The van der Waals surface area contributed by atoms with Gasteiger partial charge in [0.2, 0.25) is 0 Å². The maximum atomic E-state index is 12.8. The summed E-state index contributed by atoms with van der Waals surface area (Å²) in [6.07, 6.45) is 0.891. The van der Waals surface area contributed by atoms with Crippen molar-refractivity contribution >= 4 is 23.5 Å². The van der Waals surface area contributed by atoms with Crippen LogP contribution in [0.25, 0.3) is 5.69 Å². The second-order valence-corrected chi connectivity index (χ2v) is 7.39. The number of fused-ring (bicyclic) bond motifs is 1. The molecule has 0 spiro atoms. The van der Waals surface area contributed by atoms with Gasteiger partial charge in [-0.1, -0.05) is 43.8 Å². The van der Waals surface area contributed by atoms with E-state index in [0.717, 1.165) is 33.6 Å². The zero-order valence-electron chi connectivity index (χ0n) is 11.5. The molecule has 2 aromatic rings. The maximum absolute atomic E-state index is 12.8. The third kappa shape index (κ3) is 2.40. The molecule has 0 N–H and O–H groups in total. The molecule has 0 unspecified atom stereocenters. The molecule has 0 aliphatic carbocycles. The van der Waals surface area contributed by atoms with Gasteiger partial charge in [0.05, 0.1) is 16.3 Å². The minimum absolute atomic E-state index is 0.0755. The number of hydrogen-bond acceptors (Lipinski definition) is 4. The molecule has 0 fully saturated rings. The minimum atomic E-state index is 0.0755. The fourth-order valence-electron chi connectivity index (χ4n) is 2.33. The van der Waals surface area contributed by atoms with Crippen LogP contribution >= 0.6 is 23.5 Å². The monoisotopic (exact) mass is 304 g/mol. The summed E-state index contributed by atoms with van der Waals surface area (Å²) < 4.78 is 1.75. The van der Waals surface area contributed by atoms with Crippen LogP contribution in [0.5, 0.6) is 0 Å². The highest BCUT2D eigenvalue weighted by Crippen LogP contribution is 2.34. The Morgan fingerprint density at radius 2 is 2.15 bits per heavy atom. The number of hydrogen-bond donors (Lipinski definition) is 0. The number of thioether (sulfide) groups is 2. The zero-order chi connectivity index (χ0) is 14.1. The predicted molar refractivity (Wildman–Crippen MR) is 85.3 cm³/mol. The second kappa shape index (κ2) is 5.66. The third-order valence-electron chi connectivity index (χ3n) is 3.17. The Labute approximate surface area is 126 Å². The van der Waals surface area contributed by atoms with Crippen molar-refractivity contribution in [3.63, 3.8) is 0 Å². The molecule has 1 aromatic heterocycles. The van der Waals surface area contributed by atoms with Crippen LogP contribution in [0.3, 0.4) is 0 Å². The molecule has 0 saturated carbocycles. The van der Waals surface area contributed by atoms with Crippen LogP contribution in [-0.4, -0.2) is 20.6 Å². The molecule has 0 radical (unpaired) electrons. The molecule has 1 aliphatic heterocycles. The van der Waals surface area contributed by atoms with Gasteiger partial charge in [-0.15, -0.1) is 11.8 Å². The molecule has 2 heterocycles. The van der Waals surface area contributed by atoms with Crippen molar-refractivity contribution in [2.45, 2.75) is 35.6 Å². The lowest BCUT2D eigenvalue weighted by Crippen LogP contribution is -2.23. The number of benzene rings is 1. The van der Waals surface area contributed by atoms with Crippen molar-refractivity contribution in [2.24, 2.45) is 0 Å².